The smallest absolute Gasteiger partial charge is 0.349 e. The molecule has 0 bridgehead atoms. The number of imide groups is 1. The third kappa shape index (κ3) is 4.27. The number of halogens is 1. The molecule has 0 N–H and O–H groups in total. The number of aromatic nitrogens is 2. The minimum absolute atomic E-state index is 0.0490. The van der Waals surface area contributed by atoms with E-state index in [0.29, 0.717) is 11.3 Å². The maximum absolute atomic E-state index is 12.9. The topological polar surface area (TPSA) is 106 Å². The third-order valence-corrected chi connectivity index (χ3v) is 4.83. The number of nitrogens with zero attached hydrogens (tertiary/aromatic N) is 4. The summed E-state index contributed by atoms with van der Waals surface area (Å²) in [6.07, 6.45) is 0.116. The Kier molecular flexibility index (Phi) is 5.45. The molecule has 0 saturated carbocycles. The Balaban J connectivity index is 1.61. The summed E-state index contributed by atoms with van der Waals surface area (Å²) >= 11 is 1.05. The van der Waals surface area contributed by atoms with Crippen LogP contribution < -0.4 is 0 Å². The van der Waals surface area contributed by atoms with Crippen LogP contribution in [0, 0.1) is 11.7 Å². The van der Waals surface area contributed by atoms with Gasteiger partial charge in [-0.3, -0.25) is 14.5 Å². The minimum atomic E-state index is -0.646. The van der Waals surface area contributed by atoms with Gasteiger partial charge in [0.15, 0.2) is 5.78 Å². The van der Waals surface area contributed by atoms with E-state index in [1.54, 1.807) is 6.92 Å². The summed E-state index contributed by atoms with van der Waals surface area (Å²) < 4.78 is 18.4. The largest absolute Gasteiger partial charge is 0.416 e. The lowest BCUT2D eigenvalue weighted by atomic mass is 9.97. The van der Waals surface area contributed by atoms with E-state index in [1.807, 2.05) is 0 Å². The molecular formula is C17H15FN4O4S. The van der Waals surface area contributed by atoms with Crippen LogP contribution in [0.1, 0.15) is 23.2 Å². The number of carbonyl (C=O) groups excluding carboxylic acids is 3. The van der Waals surface area contributed by atoms with Gasteiger partial charge in [-0.25, -0.2) is 14.2 Å². The fraction of sp³-hybridized carbons (Fsp3) is 0.294. The molecule has 2 heterocycles. The molecule has 1 unspecified atom stereocenters. The lowest BCUT2D eigenvalue weighted by Gasteiger charge is -2.24. The quantitative estimate of drug-likeness (QED) is 0.551. The molecule has 1 aliphatic heterocycles. The van der Waals surface area contributed by atoms with Crippen molar-refractivity contribution >= 4 is 35.2 Å². The maximum atomic E-state index is 12.9. The fourth-order valence-electron chi connectivity index (χ4n) is 2.45. The van der Waals surface area contributed by atoms with Crippen LogP contribution in [0.25, 0.3) is 0 Å². The number of hydrogen-bond acceptors (Lipinski definition) is 7. The van der Waals surface area contributed by atoms with Crippen molar-refractivity contribution in [3.05, 3.63) is 41.5 Å². The summed E-state index contributed by atoms with van der Waals surface area (Å²) in [6, 6.07) is 4.65. The molecule has 2 aromatic rings. The van der Waals surface area contributed by atoms with Gasteiger partial charge in [0.2, 0.25) is 11.8 Å². The van der Waals surface area contributed by atoms with E-state index in [1.165, 1.54) is 31.3 Å². The van der Waals surface area contributed by atoms with Gasteiger partial charge in [0.25, 0.3) is 5.22 Å². The lowest BCUT2D eigenvalue weighted by molar-refractivity contribution is -0.129. The molecule has 8 nitrogen and oxygen atoms in total. The number of benzene rings is 1. The lowest BCUT2D eigenvalue weighted by Crippen LogP contribution is -2.44. The highest BCUT2D eigenvalue weighted by molar-refractivity contribution is 7.99. The summed E-state index contributed by atoms with van der Waals surface area (Å²) in [6.45, 7) is 1.60. The van der Waals surface area contributed by atoms with Gasteiger partial charge in [0.1, 0.15) is 5.82 Å². The van der Waals surface area contributed by atoms with Gasteiger partial charge in [0, 0.05) is 24.7 Å². The van der Waals surface area contributed by atoms with E-state index in [2.05, 4.69) is 15.2 Å². The number of carbonyl (C=O) groups is 3. The van der Waals surface area contributed by atoms with Gasteiger partial charge in [-0.05, 0) is 31.2 Å². The van der Waals surface area contributed by atoms with Gasteiger partial charge >= 0.3 is 6.03 Å². The molecular weight excluding hydrogens is 375 g/mol. The molecule has 1 aromatic carbocycles. The zero-order valence-electron chi connectivity index (χ0n) is 14.5. The molecule has 0 saturated heterocycles. The predicted octanol–water partition coefficient (Wildman–Crippen LogP) is 2.40. The van der Waals surface area contributed by atoms with Crippen LogP contribution in [0.4, 0.5) is 9.18 Å². The van der Waals surface area contributed by atoms with Crippen LogP contribution >= 0.6 is 11.8 Å². The first-order valence-corrected chi connectivity index (χ1v) is 8.94. The van der Waals surface area contributed by atoms with E-state index >= 15 is 0 Å². The number of amides is 3. The third-order valence-electron chi connectivity index (χ3n) is 4.01. The SMILES string of the molecule is CC1=NC(=O)N(C)C(=O)C1Cc1nnc(SCC(=O)c2ccc(F)cc2)o1. The molecule has 0 fully saturated rings. The van der Waals surface area contributed by atoms with Crippen molar-refractivity contribution in [1.29, 1.82) is 0 Å². The van der Waals surface area contributed by atoms with E-state index in [4.69, 9.17) is 4.42 Å². The van der Waals surface area contributed by atoms with Crippen molar-refractivity contribution in [2.75, 3.05) is 12.8 Å². The summed E-state index contributed by atoms with van der Waals surface area (Å²) in [7, 11) is 1.36. The average Bonchev–Trinajstić information content (AvgIpc) is 3.10. The second-order valence-corrected chi connectivity index (χ2v) is 6.80. The second-order valence-electron chi connectivity index (χ2n) is 5.87. The Morgan fingerprint density at radius 1 is 1.26 bits per heavy atom. The molecule has 3 rings (SSSR count). The number of aliphatic imine (C=N–C) groups is 1. The van der Waals surface area contributed by atoms with Crippen molar-refractivity contribution in [1.82, 2.24) is 15.1 Å². The van der Waals surface area contributed by atoms with Crippen LogP contribution in [-0.2, 0) is 11.2 Å². The first kappa shape index (κ1) is 18.9. The van der Waals surface area contributed by atoms with Crippen LogP contribution in [0.15, 0.2) is 38.9 Å². The Morgan fingerprint density at radius 3 is 2.67 bits per heavy atom. The average molecular weight is 390 g/mol. The highest BCUT2D eigenvalue weighted by Crippen LogP contribution is 2.22. The molecule has 0 aliphatic carbocycles. The van der Waals surface area contributed by atoms with Gasteiger partial charge in [-0.15, -0.1) is 10.2 Å². The Labute approximate surface area is 157 Å². The maximum Gasteiger partial charge on any atom is 0.349 e. The number of hydrogen-bond donors (Lipinski definition) is 0. The van der Waals surface area contributed by atoms with Gasteiger partial charge in [0.05, 0.1) is 11.7 Å². The van der Waals surface area contributed by atoms with Crippen molar-refractivity contribution < 1.29 is 23.2 Å². The number of Topliss-reactive ketones (excluding diaryl/α,β-unsaturated/α-hetero) is 1. The van der Waals surface area contributed by atoms with Crippen molar-refractivity contribution in [3.8, 4) is 0 Å². The van der Waals surface area contributed by atoms with Crippen molar-refractivity contribution in [2.45, 2.75) is 18.6 Å². The molecule has 140 valence electrons. The number of thioether (sulfide) groups is 1. The molecule has 3 amide bonds. The summed E-state index contributed by atoms with van der Waals surface area (Å²) in [5, 5.41) is 7.91. The normalized spacial score (nSPS) is 17.2. The first-order chi connectivity index (χ1) is 12.8. The van der Waals surface area contributed by atoms with E-state index in [-0.39, 0.29) is 35.0 Å². The van der Waals surface area contributed by atoms with Crippen LogP contribution in [-0.4, -0.2) is 51.3 Å². The summed E-state index contributed by atoms with van der Waals surface area (Å²) in [4.78, 5) is 40.6. The molecule has 1 atom stereocenters. The van der Waals surface area contributed by atoms with E-state index < -0.39 is 17.8 Å². The molecule has 1 aromatic heterocycles. The van der Waals surface area contributed by atoms with E-state index in [9.17, 15) is 18.8 Å². The van der Waals surface area contributed by atoms with Gasteiger partial charge in [-0.1, -0.05) is 11.8 Å². The zero-order valence-corrected chi connectivity index (χ0v) is 15.3. The molecule has 0 radical (unpaired) electrons. The second kappa shape index (κ2) is 7.78. The van der Waals surface area contributed by atoms with Gasteiger partial charge < -0.3 is 4.42 Å². The Bertz CT molecular complexity index is 925. The molecule has 0 spiro atoms. The molecule has 27 heavy (non-hydrogen) atoms. The summed E-state index contributed by atoms with van der Waals surface area (Å²) in [5.74, 6) is -1.39. The summed E-state index contributed by atoms with van der Waals surface area (Å²) in [5.41, 5.74) is 0.776. The van der Waals surface area contributed by atoms with Gasteiger partial charge in [-0.2, -0.15) is 0 Å². The highest BCUT2D eigenvalue weighted by atomic mass is 32.2. The first-order valence-electron chi connectivity index (χ1n) is 7.96. The Hall–Kier alpha value is -2.88. The van der Waals surface area contributed by atoms with Crippen molar-refractivity contribution in [3.63, 3.8) is 0 Å². The number of ketones is 1. The van der Waals surface area contributed by atoms with Crippen LogP contribution in [0.3, 0.4) is 0 Å². The van der Waals surface area contributed by atoms with Crippen LogP contribution in [0.5, 0.6) is 0 Å². The molecule has 1 aliphatic rings. The minimum Gasteiger partial charge on any atom is -0.416 e. The number of urea groups is 1. The fourth-order valence-corrected chi connectivity index (χ4v) is 3.12. The number of rotatable bonds is 6. The monoisotopic (exact) mass is 390 g/mol. The zero-order chi connectivity index (χ0) is 19.6. The van der Waals surface area contributed by atoms with Crippen molar-refractivity contribution in [2.24, 2.45) is 10.9 Å². The molecule has 10 heteroatoms. The Morgan fingerprint density at radius 2 is 1.96 bits per heavy atom. The van der Waals surface area contributed by atoms with Crippen LogP contribution in [0.2, 0.25) is 0 Å². The standard InChI is InChI=1S/C17H15FN4O4S/c1-9-12(15(24)22(2)16(25)19-9)7-14-20-21-17(26-14)27-8-13(23)10-3-5-11(18)6-4-10/h3-6,12H,7-8H2,1-2H3. The highest BCUT2D eigenvalue weighted by Gasteiger charge is 2.34. The van der Waals surface area contributed by atoms with E-state index in [0.717, 1.165) is 16.7 Å². The predicted molar refractivity (Wildman–Crippen MR) is 94.2 cm³/mol.